The summed E-state index contributed by atoms with van der Waals surface area (Å²) in [6, 6.07) is 14.9. The Labute approximate surface area is 172 Å². The number of ether oxygens (including phenoxy) is 1. The summed E-state index contributed by atoms with van der Waals surface area (Å²) < 4.78 is 6.23. The number of benzene rings is 2. The number of fused-ring (bicyclic) bond motifs is 1. The molecule has 1 unspecified atom stereocenters. The summed E-state index contributed by atoms with van der Waals surface area (Å²) >= 11 is 3.39. The fourth-order valence-electron chi connectivity index (χ4n) is 2.97. The Hall–Kier alpha value is -2.73. The molecule has 0 fully saturated rings. The predicted molar refractivity (Wildman–Crippen MR) is 112 cm³/mol. The average Bonchev–Trinajstić information content (AvgIpc) is 2.66. The van der Waals surface area contributed by atoms with E-state index in [1.54, 1.807) is 6.07 Å². The number of hydrogen-bond acceptors (Lipinski definition) is 4. The van der Waals surface area contributed by atoms with Gasteiger partial charge in [0.05, 0.1) is 17.1 Å². The van der Waals surface area contributed by atoms with E-state index in [9.17, 15) is 9.59 Å². The van der Waals surface area contributed by atoms with Gasteiger partial charge in [0.2, 0.25) is 0 Å². The molecule has 6 heteroatoms. The molecule has 0 saturated heterocycles. The quantitative estimate of drug-likeness (QED) is 0.586. The fourth-order valence-corrected chi connectivity index (χ4v) is 3.23. The van der Waals surface area contributed by atoms with E-state index in [0.717, 1.165) is 32.2 Å². The van der Waals surface area contributed by atoms with Gasteiger partial charge in [-0.25, -0.2) is 4.79 Å². The van der Waals surface area contributed by atoms with E-state index in [0.29, 0.717) is 5.56 Å². The Balaban J connectivity index is 1.67. The number of pyridine rings is 1. The lowest BCUT2D eigenvalue weighted by Gasteiger charge is -2.15. The number of carbonyl (C=O) groups is 2. The number of nitrogens with zero attached hydrogens (tertiary/aromatic N) is 1. The number of rotatable bonds is 5. The van der Waals surface area contributed by atoms with Crippen LogP contribution < -0.4 is 5.32 Å². The third-order valence-corrected chi connectivity index (χ3v) is 4.92. The first kappa shape index (κ1) is 20.0. The van der Waals surface area contributed by atoms with Crippen LogP contribution in [0.5, 0.6) is 0 Å². The lowest BCUT2D eigenvalue weighted by atomic mass is 10.1. The van der Waals surface area contributed by atoms with Crippen molar-refractivity contribution in [1.82, 2.24) is 10.3 Å². The van der Waals surface area contributed by atoms with Crippen LogP contribution in [0.15, 0.2) is 53.0 Å². The number of aromatic nitrogens is 1. The van der Waals surface area contributed by atoms with E-state index < -0.39 is 5.97 Å². The molecular weight excluding hydrogens is 420 g/mol. The normalized spacial score (nSPS) is 11.9. The highest BCUT2D eigenvalue weighted by Gasteiger charge is 2.16. The molecule has 0 radical (unpaired) electrons. The molecule has 3 rings (SSSR count). The van der Waals surface area contributed by atoms with Crippen molar-refractivity contribution in [3.05, 3.63) is 75.4 Å². The summed E-state index contributed by atoms with van der Waals surface area (Å²) in [4.78, 5) is 29.2. The van der Waals surface area contributed by atoms with Gasteiger partial charge in [-0.2, -0.15) is 0 Å². The molecule has 0 spiro atoms. The lowest BCUT2D eigenvalue weighted by molar-refractivity contribution is -0.124. The highest BCUT2D eigenvalue weighted by Crippen LogP contribution is 2.21. The van der Waals surface area contributed by atoms with Crippen molar-refractivity contribution in [2.24, 2.45) is 0 Å². The summed E-state index contributed by atoms with van der Waals surface area (Å²) in [6.07, 6.45) is 0. The van der Waals surface area contributed by atoms with Gasteiger partial charge in [0, 0.05) is 15.6 Å². The van der Waals surface area contributed by atoms with E-state index >= 15 is 0 Å². The minimum absolute atomic E-state index is 0.189. The maximum atomic E-state index is 12.6. The van der Waals surface area contributed by atoms with Crippen LogP contribution in [-0.2, 0) is 9.53 Å². The number of esters is 1. The van der Waals surface area contributed by atoms with Gasteiger partial charge >= 0.3 is 5.97 Å². The third-order valence-electron chi connectivity index (χ3n) is 4.39. The van der Waals surface area contributed by atoms with Crippen LogP contribution in [-0.4, -0.2) is 23.5 Å². The van der Waals surface area contributed by atoms with Crippen LogP contribution in [0.3, 0.4) is 0 Å². The smallest absolute Gasteiger partial charge is 0.339 e. The molecule has 1 heterocycles. The topological polar surface area (TPSA) is 68.3 Å². The first-order valence-electron chi connectivity index (χ1n) is 8.93. The number of hydrogen-bond donors (Lipinski definition) is 1. The highest BCUT2D eigenvalue weighted by atomic mass is 79.9. The maximum absolute atomic E-state index is 12.6. The van der Waals surface area contributed by atoms with Crippen LogP contribution in [0.2, 0.25) is 0 Å². The van der Waals surface area contributed by atoms with E-state index in [2.05, 4.69) is 26.2 Å². The maximum Gasteiger partial charge on any atom is 0.339 e. The number of halogens is 1. The molecule has 0 saturated carbocycles. The predicted octanol–water partition coefficient (Wildman–Crippen LogP) is 4.65. The van der Waals surface area contributed by atoms with E-state index in [4.69, 9.17) is 4.74 Å². The summed E-state index contributed by atoms with van der Waals surface area (Å²) in [7, 11) is 0. The van der Waals surface area contributed by atoms with Gasteiger partial charge in [-0.15, -0.1) is 0 Å². The molecule has 0 aliphatic carbocycles. The van der Waals surface area contributed by atoms with Gasteiger partial charge in [-0.1, -0.05) is 39.7 Å². The van der Waals surface area contributed by atoms with Gasteiger partial charge in [-0.05, 0) is 56.7 Å². The molecule has 1 amide bonds. The van der Waals surface area contributed by atoms with Gasteiger partial charge < -0.3 is 10.1 Å². The monoisotopic (exact) mass is 440 g/mol. The van der Waals surface area contributed by atoms with E-state index in [1.165, 1.54) is 0 Å². The SMILES string of the molecule is Cc1ccc2nc(C)cc(C(=O)OCC(=O)NC(C)c3ccc(Br)cc3)c2c1. The van der Waals surface area contributed by atoms with Crippen LogP contribution in [0.25, 0.3) is 10.9 Å². The van der Waals surface area contributed by atoms with Crippen LogP contribution >= 0.6 is 15.9 Å². The lowest BCUT2D eigenvalue weighted by Crippen LogP contribution is -2.31. The van der Waals surface area contributed by atoms with Crippen molar-refractivity contribution in [2.75, 3.05) is 6.61 Å². The van der Waals surface area contributed by atoms with Crippen molar-refractivity contribution in [2.45, 2.75) is 26.8 Å². The molecule has 144 valence electrons. The second-order valence-corrected chi connectivity index (χ2v) is 7.66. The zero-order valence-corrected chi connectivity index (χ0v) is 17.5. The van der Waals surface area contributed by atoms with Gasteiger partial charge in [-0.3, -0.25) is 9.78 Å². The Bertz CT molecular complexity index is 1030. The highest BCUT2D eigenvalue weighted by molar-refractivity contribution is 9.10. The van der Waals surface area contributed by atoms with Crippen molar-refractivity contribution in [1.29, 1.82) is 0 Å². The van der Waals surface area contributed by atoms with Crippen molar-refractivity contribution in [3.8, 4) is 0 Å². The minimum Gasteiger partial charge on any atom is -0.452 e. The molecule has 0 aliphatic heterocycles. The minimum atomic E-state index is -0.535. The van der Waals surface area contributed by atoms with E-state index in [1.807, 2.05) is 63.2 Å². The van der Waals surface area contributed by atoms with Gasteiger partial charge in [0.1, 0.15) is 0 Å². The molecule has 0 aliphatic rings. The zero-order chi connectivity index (χ0) is 20.3. The summed E-state index contributed by atoms with van der Waals surface area (Å²) in [5.74, 6) is -0.887. The number of amides is 1. The summed E-state index contributed by atoms with van der Waals surface area (Å²) in [6.45, 7) is 5.31. The molecule has 0 bridgehead atoms. The summed E-state index contributed by atoms with van der Waals surface area (Å²) in [5.41, 5.74) is 3.85. The van der Waals surface area contributed by atoms with Crippen LogP contribution in [0.1, 0.15) is 40.1 Å². The van der Waals surface area contributed by atoms with Crippen LogP contribution in [0, 0.1) is 13.8 Å². The van der Waals surface area contributed by atoms with Gasteiger partial charge in [0.25, 0.3) is 5.91 Å². The largest absolute Gasteiger partial charge is 0.452 e. The zero-order valence-electron chi connectivity index (χ0n) is 16.0. The second-order valence-electron chi connectivity index (χ2n) is 6.75. The molecule has 2 aromatic carbocycles. The molecule has 1 aromatic heterocycles. The third kappa shape index (κ3) is 4.75. The molecule has 5 nitrogen and oxygen atoms in total. The number of carbonyl (C=O) groups excluding carboxylic acids is 2. The Morgan fingerprint density at radius 1 is 1.11 bits per heavy atom. The van der Waals surface area contributed by atoms with Gasteiger partial charge in [0.15, 0.2) is 6.61 Å². The molecule has 28 heavy (non-hydrogen) atoms. The Kier molecular flexibility index (Phi) is 6.09. The Morgan fingerprint density at radius 2 is 1.82 bits per heavy atom. The average molecular weight is 441 g/mol. The molecule has 3 aromatic rings. The molecule has 1 N–H and O–H groups in total. The van der Waals surface area contributed by atoms with Crippen LogP contribution in [0.4, 0.5) is 0 Å². The van der Waals surface area contributed by atoms with E-state index in [-0.39, 0.29) is 18.6 Å². The van der Waals surface area contributed by atoms with Crippen molar-refractivity contribution >= 4 is 38.7 Å². The molecular formula is C22H21BrN2O3. The number of aryl methyl sites for hydroxylation is 2. The fraction of sp³-hybridized carbons (Fsp3) is 0.227. The van der Waals surface area contributed by atoms with Crippen molar-refractivity contribution in [3.63, 3.8) is 0 Å². The standard InChI is InChI=1S/C22H21BrN2O3/c1-13-4-9-20-18(10-13)19(11-14(2)24-20)22(27)28-12-21(26)25-15(3)16-5-7-17(23)8-6-16/h4-11,15H,12H2,1-3H3,(H,25,26). The first-order valence-corrected chi connectivity index (χ1v) is 9.73. The second kappa shape index (κ2) is 8.52. The number of nitrogens with one attached hydrogen (secondary N) is 1. The Morgan fingerprint density at radius 3 is 2.54 bits per heavy atom. The molecule has 1 atom stereocenters. The summed E-state index contributed by atoms with van der Waals surface area (Å²) in [5, 5.41) is 3.56. The first-order chi connectivity index (χ1) is 13.3. The van der Waals surface area contributed by atoms with Crippen molar-refractivity contribution < 1.29 is 14.3 Å².